The molecule has 0 radical (unpaired) electrons. The minimum Gasteiger partial charge on any atom is -0.457 e. The Bertz CT molecular complexity index is 2870. The summed E-state index contributed by atoms with van der Waals surface area (Å²) in [7, 11) is 0. The van der Waals surface area contributed by atoms with Crippen LogP contribution in [0.1, 0.15) is 22.3 Å². The lowest BCUT2D eigenvalue weighted by molar-refractivity contribution is 0.431. The Morgan fingerprint density at radius 1 is 0.375 bits per heavy atom. The largest absolute Gasteiger partial charge is 0.457 e. The van der Waals surface area contributed by atoms with Gasteiger partial charge in [-0.05, 0) is 93.4 Å². The van der Waals surface area contributed by atoms with Crippen molar-refractivity contribution in [2.75, 3.05) is 4.90 Å². The van der Waals surface area contributed by atoms with Crippen molar-refractivity contribution in [3.63, 3.8) is 0 Å². The Morgan fingerprint density at radius 3 is 1.75 bits per heavy atom. The molecule has 9 aromatic rings. The van der Waals surface area contributed by atoms with Gasteiger partial charge < -0.3 is 9.64 Å². The van der Waals surface area contributed by atoms with E-state index in [1.807, 2.05) is 11.8 Å². The van der Waals surface area contributed by atoms with Gasteiger partial charge in [0, 0.05) is 37.7 Å². The van der Waals surface area contributed by atoms with Crippen LogP contribution >= 0.6 is 11.8 Å². The van der Waals surface area contributed by atoms with E-state index in [-0.39, 0.29) is 0 Å². The molecule has 0 atom stereocenters. The standard InChI is InChI=1S/C53H35NOS/c1-2-14-36(15-3-1)37-28-31-41(32-29-37)54(48-24-13-17-38-16-4-5-20-43(38)48)42-19-12-18-39(34-42)40-30-33-45-50(35-40)55-49-25-9-6-21-44(49)53(45)46-22-7-10-26-51(46)56-52-27-11-8-23-47(52)53/h1-35H. The summed E-state index contributed by atoms with van der Waals surface area (Å²) in [5, 5.41) is 2.40. The molecule has 9 aromatic carbocycles. The Balaban J connectivity index is 1.07. The van der Waals surface area contributed by atoms with Gasteiger partial charge in [-0.1, -0.05) is 169 Å². The molecule has 0 unspecified atom stereocenters. The fourth-order valence-electron chi connectivity index (χ4n) is 8.89. The van der Waals surface area contributed by atoms with Crippen LogP contribution in [0.2, 0.25) is 0 Å². The summed E-state index contributed by atoms with van der Waals surface area (Å²) in [5.41, 5.74) is 12.3. The van der Waals surface area contributed by atoms with Gasteiger partial charge in [-0.3, -0.25) is 0 Å². The molecule has 0 aromatic heterocycles. The van der Waals surface area contributed by atoms with Gasteiger partial charge in [-0.15, -0.1) is 0 Å². The zero-order valence-corrected chi connectivity index (χ0v) is 31.3. The van der Waals surface area contributed by atoms with Crippen LogP contribution in [-0.4, -0.2) is 0 Å². The first-order valence-electron chi connectivity index (χ1n) is 19.1. The third kappa shape index (κ3) is 5.12. The molecule has 0 aliphatic carbocycles. The normalized spacial score (nSPS) is 13.2. The quantitative estimate of drug-likeness (QED) is 0.175. The van der Waals surface area contributed by atoms with Crippen molar-refractivity contribution < 1.29 is 4.74 Å². The number of nitrogens with zero attached hydrogens (tertiary/aromatic N) is 1. The van der Waals surface area contributed by atoms with Crippen molar-refractivity contribution in [2.45, 2.75) is 15.2 Å². The minimum atomic E-state index is -0.514. The van der Waals surface area contributed by atoms with Gasteiger partial charge in [-0.2, -0.15) is 0 Å². The van der Waals surface area contributed by atoms with E-state index in [2.05, 4.69) is 217 Å². The van der Waals surface area contributed by atoms with Crippen molar-refractivity contribution in [1.29, 1.82) is 0 Å². The molecule has 2 heterocycles. The third-order valence-electron chi connectivity index (χ3n) is 11.4. The molecule has 1 spiro atoms. The van der Waals surface area contributed by atoms with Crippen LogP contribution < -0.4 is 9.64 Å². The molecule has 0 fully saturated rings. The molecule has 0 N–H and O–H groups in total. The molecule has 11 rings (SSSR count). The molecule has 2 nitrogen and oxygen atoms in total. The van der Waals surface area contributed by atoms with Crippen LogP contribution in [0, 0.1) is 0 Å². The molecule has 2 aliphatic heterocycles. The van der Waals surface area contributed by atoms with Gasteiger partial charge in [0.15, 0.2) is 0 Å². The highest BCUT2D eigenvalue weighted by molar-refractivity contribution is 7.99. The maximum absolute atomic E-state index is 6.89. The van der Waals surface area contributed by atoms with Gasteiger partial charge in [0.25, 0.3) is 0 Å². The molecule has 0 saturated heterocycles. The van der Waals surface area contributed by atoms with E-state index < -0.39 is 5.41 Å². The van der Waals surface area contributed by atoms with Crippen LogP contribution in [0.15, 0.2) is 222 Å². The SMILES string of the molecule is c1ccc(-c2ccc(N(c3cccc(-c4ccc5c(c4)Oc4ccccc4C54c5ccccc5Sc5ccccc54)c3)c3cccc4ccccc34)cc2)cc1. The zero-order chi connectivity index (χ0) is 37.1. The number of ether oxygens (including phenoxy) is 1. The predicted molar refractivity (Wildman–Crippen MR) is 232 cm³/mol. The molecule has 0 amide bonds. The minimum absolute atomic E-state index is 0.514. The van der Waals surface area contributed by atoms with E-state index >= 15 is 0 Å². The second-order valence-electron chi connectivity index (χ2n) is 14.5. The first kappa shape index (κ1) is 32.6. The van der Waals surface area contributed by atoms with Gasteiger partial charge in [0.1, 0.15) is 11.5 Å². The Kier molecular flexibility index (Phi) is 7.68. The lowest BCUT2D eigenvalue weighted by Crippen LogP contribution is -2.36. The van der Waals surface area contributed by atoms with Gasteiger partial charge in [-0.25, -0.2) is 0 Å². The van der Waals surface area contributed by atoms with Crippen molar-refractivity contribution >= 4 is 39.6 Å². The summed E-state index contributed by atoms with van der Waals surface area (Å²) < 4.78 is 6.89. The summed E-state index contributed by atoms with van der Waals surface area (Å²) in [6, 6.07) is 76.7. The number of hydrogen-bond acceptors (Lipinski definition) is 3. The maximum atomic E-state index is 6.89. The average Bonchev–Trinajstić information content (AvgIpc) is 3.27. The Hall–Kier alpha value is -6.81. The van der Waals surface area contributed by atoms with E-state index in [1.54, 1.807) is 0 Å². The number of hydrogen-bond donors (Lipinski definition) is 0. The predicted octanol–water partition coefficient (Wildman–Crippen LogP) is 14.6. The number of para-hydroxylation sites is 1. The van der Waals surface area contributed by atoms with Crippen LogP contribution in [0.25, 0.3) is 33.0 Å². The van der Waals surface area contributed by atoms with E-state index in [1.165, 1.54) is 48.4 Å². The fraction of sp³-hybridized carbons (Fsp3) is 0.0189. The first-order valence-corrected chi connectivity index (χ1v) is 19.9. The molecule has 3 heteroatoms. The van der Waals surface area contributed by atoms with Crippen molar-refractivity contribution in [1.82, 2.24) is 0 Å². The van der Waals surface area contributed by atoms with Gasteiger partial charge >= 0.3 is 0 Å². The molecule has 56 heavy (non-hydrogen) atoms. The first-order chi connectivity index (χ1) is 27.8. The molecule has 264 valence electrons. The van der Waals surface area contributed by atoms with Gasteiger partial charge in [0.05, 0.1) is 11.1 Å². The van der Waals surface area contributed by atoms with E-state index in [0.717, 1.165) is 45.3 Å². The Labute approximate surface area is 331 Å². The molecular formula is C53H35NOS. The number of fused-ring (bicyclic) bond motifs is 9. The summed E-state index contributed by atoms with van der Waals surface area (Å²) >= 11 is 1.85. The summed E-state index contributed by atoms with van der Waals surface area (Å²) in [4.78, 5) is 4.93. The topological polar surface area (TPSA) is 12.5 Å². The average molecular weight is 734 g/mol. The number of rotatable bonds is 5. The van der Waals surface area contributed by atoms with E-state index in [4.69, 9.17) is 4.74 Å². The van der Waals surface area contributed by atoms with Crippen molar-refractivity contribution in [2.24, 2.45) is 0 Å². The molecule has 0 saturated carbocycles. The smallest absolute Gasteiger partial charge is 0.132 e. The van der Waals surface area contributed by atoms with Crippen LogP contribution in [0.3, 0.4) is 0 Å². The number of benzene rings is 9. The van der Waals surface area contributed by atoms with Gasteiger partial charge in [0.2, 0.25) is 0 Å². The highest BCUT2D eigenvalue weighted by Crippen LogP contribution is 2.61. The second kappa shape index (κ2) is 13.2. The zero-order valence-electron chi connectivity index (χ0n) is 30.5. The van der Waals surface area contributed by atoms with Crippen molar-refractivity contribution in [3.8, 4) is 33.8 Å². The lowest BCUT2D eigenvalue weighted by atomic mass is 9.63. The highest BCUT2D eigenvalue weighted by atomic mass is 32.2. The van der Waals surface area contributed by atoms with Crippen LogP contribution in [-0.2, 0) is 5.41 Å². The second-order valence-corrected chi connectivity index (χ2v) is 15.5. The summed E-state index contributed by atoms with van der Waals surface area (Å²) in [6.45, 7) is 0. The van der Waals surface area contributed by atoms with Crippen molar-refractivity contribution in [3.05, 3.63) is 235 Å². The Morgan fingerprint density at radius 2 is 0.946 bits per heavy atom. The fourth-order valence-corrected chi connectivity index (χ4v) is 10.1. The third-order valence-corrected chi connectivity index (χ3v) is 12.5. The van der Waals surface area contributed by atoms with E-state index in [9.17, 15) is 0 Å². The summed E-state index contributed by atoms with van der Waals surface area (Å²) in [5.74, 6) is 1.77. The molecule has 2 aliphatic rings. The maximum Gasteiger partial charge on any atom is 0.132 e. The summed E-state index contributed by atoms with van der Waals surface area (Å²) in [6.07, 6.45) is 0. The number of anilines is 3. The van der Waals surface area contributed by atoms with Crippen LogP contribution in [0.4, 0.5) is 17.1 Å². The molecule has 0 bridgehead atoms. The molecular weight excluding hydrogens is 699 g/mol. The lowest BCUT2D eigenvalue weighted by Gasteiger charge is -2.45. The highest BCUT2D eigenvalue weighted by Gasteiger charge is 2.49. The van der Waals surface area contributed by atoms with Crippen LogP contribution in [0.5, 0.6) is 11.5 Å². The monoisotopic (exact) mass is 733 g/mol. The van der Waals surface area contributed by atoms with E-state index in [0.29, 0.717) is 0 Å².